The van der Waals surface area contributed by atoms with Crippen LogP contribution in [-0.2, 0) is 6.54 Å². The monoisotopic (exact) mass is 272 g/mol. The van der Waals surface area contributed by atoms with Crippen LogP contribution in [0.1, 0.15) is 11.1 Å². The number of aryl methyl sites for hydroxylation is 1. The van der Waals surface area contributed by atoms with Gasteiger partial charge < -0.3 is 10.1 Å². The minimum atomic E-state index is -0.433. The lowest BCUT2D eigenvalue weighted by molar-refractivity contribution is -0.384. The average molecular weight is 272 g/mol. The Morgan fingerprint density at radius 1 is 1.25 bits per heavy atom. The second kappa shape index (κ2) is 6.06. The third-order valence-electron chi connectivity index (χ3n) is 2.97. The van der Waals surface area contributed by atoms with Crippen LogP contribution in [0.25, 0.3) is 0 Å². The van der Waals surface area contributed by atoms with Gasteiger partial charge >= 0.3 is 5.69 Å². The van der Waals surface area contributed by atoms with Gasteiger partial charge in [-0.25, -0.2) is 0 Å². The summed E-state index contributed by atoms with van der Waals surface area (Å²) in [6, 6.07) is 13.0. The largest absolute Gasteiger partial charge is 0.490 e. The number of ether oxygens (including phenoxy) is 1. The van der Waals surface area contributed by atoms with Gasteiger partial charge in [0.2, 0.25) is 0 Å². The van der Waals surface area contributed by atoms with Gasteiger partial charge in [0.05, 0.1) is 12.0 Å². The molecule has 0 bridgehead atoms. The van der Waals surface area contributed by atoms with Gasteiger partial charge in [-0.2, -0.15) is 0 Å². The molecule has 0 atom stereocenters. The molecule has 0 heterocycles. The molecule has 0 aliphatic rings. The zero-order valence-corrected chi connectivity index (χ0v) is 11.4. The Morgan fingerprint density at radius 2 is 2.00 bits per heavy atom. The minimum absolute atomic E-state index is 0.0392. The van der Waals surface area contributed by atoms with Crippen LogP contribution in [0.4, 0.5) is 11.4 Å². The number of anilines is 1. The van der Waals surface area contributed by atoms with Gasteiger partial charge in [-0.1, -0.05) is 35.9 Å². The number of rotatable bonds is 5. The molecule has 0 aromatic heterocycles. The molecule has 0 fully saturated rings. The first-order valence-electron chi connectivity index (χ1n) is 6.22. The number of nitro groups is 1. The lowest BCUT2D eigenvalue weighted by Crippen LogP contribution is -2.04. The molecule has 104 valence electrons. The first-order chi connectivity index (χ1) is 9.61. The van der Waals surface area contributed by atoms with Crippen LogP contribution in [-0.4, -0.2) is 12.0 Å². The molecule has 0 unspecified atom stereocenters. The van der Waals surface area contributed by atoms with Crippen LogP contribution in [0.2, 0.25) is 0 Å². The highest BCUT2D eigenvalue weighted by Gasteiger charge is 2.19. The quantitative estimate of drug-likeness (QED) is 0.668. The zero-order chi connectivity index (χ0) is 14.5. The van der Waals surface area contributed by atoms with Gasteiger partial charge in [-0.15, -0.1) is 0 Å². The van der Waals surface area contributed by atoms with Gasteiger partial charge in [-0.3, -0.25) is 10.1 Å². The van der Waals surface area contributed by atoms with E-state index in [9.17, 15) is 10.1 Å². The van der Waals surface area contributed by atoms with Crippen LogP contribution >= 0.6 is 0 Å². The van der Waals surface area contributed by atoms with E-state index < -0.39 is 4.92 Å². The van der Waals surface area contributed by atoms with Crippen molar-refractivity contribution in [2.45, 2.75) is 13.5 Å². The van der Waals surface area contributed by atoms with Crippen LogP contribution in [0.5, 0.6) is 5.75 Å². The van der Waals surface area contributed by atoms with Gasteiger partial charge in [-0.05, 0) is 24.6 Å². The molecule has 0 saturated heterocycles. The molecule has 5 nitrogen and oxygen atoms in total. The molecule has 0 saturated carbocycles. The van der Waals surface area contributed by atoms with Crippen molar-refractivity contribution in [2.24, 2.45) is 0 Å². The standard InChI is InChI=1S/C15H16N2O3/c1-11-5-3-6-12(9-11)10-16-13-7-4-8-14(20-2)15(13)17(18)19/h3-9,16H,10H2,1-2H3. The second-order valence-corrected chi connectivity index (χ2v) is 4.46. The number of nitrogens with zero attached hydrogens (tertiary/aromatic N) is 1. The fourth-order valence-electron chi connectivity index (χ4n) is 2.04. The van der Waals surface area contributed by atoms with Crippen molar-refractivity contribution in [1.29, 1.82) is 0 Å². The van der Waals surface area contributed by atoms with E-state index in [2.05, 4.69) is 5.32 Å². The number of hydrogen-bond acceptors (Lipinski definition) is 4. The maximum absolute atomic E-state index is 11.2. The minimum Gasteiger partial charge on any atom is -0.490 e. The molecular formula is C15H16N2O3. The SMILES string of the molecule is COc1cccc(NCc2cccc(C)c2)c1[N+](=O)[O-]. The first-order valence-corrected chi connectivity index (χ1v) is 6.22. The van der Waals surface area contributed by atoms with E-state index in [1.54, 1.807) is 18.2 Å². The Morgan fingerprint density at radius 3 is 2.65 bits per heavy atom. The number of hydrogen-bond donors (Lipinski definition) is 1. The fourth-order valence-corrected chi connectivity index (χ4v) is 2.04. The number of benzene rings is 2. The van der Waals surface area contributed by atoms with Crippen molar-refractivity contribution in [3.8, 4) is 5.75 Å². The highest BCUT2D eigenvalue weighted by Crippen LogP contribution is 2.34. The molecule has 2 aromatic carbocycles. The Hall–Kier alpha value is -2.56. The fraction of sp³-hybridized carbons (Fsp3) is 0.200. The summed E-state index contributed by atoms with van der Waals surface area (Å²) in [5.41, 5.74) is 2.64. The molecule has 20 heavy (non-hydrogen) atoms. The molecule has 2 rings (SSSR count). The molecular weight excluding hydrogens is 256 g/mol. The Balaban J connectivity index is 2.23. The number of nitro benzene ring substituents is 1. The molecule has 5 heteroatoms. The first kappa shape index (κ1) is 13.9. The molecule has 0 amide bonds. The van der Waals surface area contributed by atoms with E-state index in [1.165, 1.54) is 7.11 Å². The van der Waals surface area contributed by atoms with E-state index in [4.69, 9.17) is 4.74 Å². The molecule has 2 aromatic rings. The molecule has 0 spiro atoms. The summed E-state index contributed by atoms with van der Waals surface area (Å²) in [5.74, 6) is 0.254. The highest BCUT2D eigenvalue weighted by molar-refractivity contribution is 5.68. The summed E-state index contributed by atoms with van der Waals surface area (Å²) in [6.45, 7) is 2.53. The van der Waals surface area contributed by atoms with Gasteiger partial charge in [0.1, 0.15) is 5.69 Å². The normalized spacial score (nSPS) is 10.1. The van der Waals surface area contributed by atoms with Crippen LogP contribution < -0.4 is 10.1 Å². The summed E-state index contributed by atoms with van der Waals surface area (Å²) in [5, 5.41) is 14.2. The molecule has 1 N–H and O–H groups in total. The van der Waals surface area contributed by atoms with E-state index >= 15 is 0 Å². The smallest absolute Gasteiger partial charge is 0.333 e. The Bertz CT molecular complexity index is 626. The average Bonchev–Trinajstić information content (AvgIpc) is 2.44. The lowest BCUT2D eigenvalue weighted by atomic mass is 10.1. The second-order valence-electron chi connectivity index (χ2n) is 4.46. The van der Waals surface area contributed by atoms with Crippen molar-refractivity contribution in [1.82, 2.24) is 0 Å². The van der Waals surface area contributed by atoms with Gasteiger partial charge in [0, 0.05) is 6.54 Å². The third kappa shape index (κ3) is 3.06. The molecule has 0 radical (unpaired) electrons. The number of para-hydroxylation sites is 1. The topological polar surface area (TPSA) is 64.4 Å². The number of methoxy groups -OCH3 is 1. The lowest BCUT2D eigenvalue weighted by Gasteiger charge is -2.10. The maximum atomic E-state index is 11.2. The number of nitrogens with one attached hydrogen (secondary N) is 1. The maximum Gasteiger partial charge on any atom is 0.333 e. The summed E-state index contributed by atoms with van der Waals surface area (Å²) >= 11 is 0. The Kier molecular flexibility index (Phi) is 4.20. The Labute approximate surface area is 117 Å². The highest BCUT2D eigenvalue weighted by atomic mass is 16.6. The van der Waals surface area contributed by atoms with E-state index in [0.29, 0.717) is 12.2 Å². The summed E-state index contributed by atoms with van der Waals surface area (Å²) in [4.78, 5) is 10.7. The summed E-state index contributed by atoms with van der Waals surface area (Å²) in [6.07, 6.45) is 0. The predicted octanol–water partition coefficient (Wildman–Crippen LogP) is 3.52. The van der Waals surface area contributed by atoms with Crippen molar-refractivity contribution < 1.29 is 9.66 Å². The predicted molar refractivity (Wildman–Crippen MR) is 78.2 cm³/mol. The van der Waals surface area contributed by atoms with Crippen LogP contribution in [0.3, 0.4) is 0 Å². The molecule has 0 aliphatic heterocycles. The van der Waals surface area contributed by atoms with Crippen LogP contribution in [0, 0.1) is 17.0 Å². The summed E-state index contributed by atoms with van der Waals surface area (Å²) in [7, 11) is 1.42. The van der Waals surface area contributed by atoms with Crippen molar-refractivity contribution in [3.05, 3.63) is 63.7 Å². The van der Waals surface area contributed by atoms with Gasteiger partial charge in [0.25, 0.3) is 0 Å². The van der Waals surface area contributed by atoms with E-state index in [-0.39, 0.29) is 11.4 Å². The van der Waals surface area contributed by atoms with Gasteiger partial charge in [0.15, 0.2) is 5.75 Å². The summed E-state index contributed by atoms with van der Waals surface area (Å²) < 4.78 is 5.04. The van der Waals surface area contributed by atoms with Crippen molar-refractivity contribution >= 4 is 11.4 Å². The molecule has 0 aliphatic carbocycles. The zero-order valence-electron chi connectivity index (χ0n) is 11.4. The third-order valence-corrected chi connectivity index (χ3v) is 2.97. The van der Waals surface area contributed by atoms with E-state index in [1.807, 2.05) is 31.2 Å². The van der Waals surface area contributed by atoms with E-state index in [0.717, 1.165) is 11.1 Å². The van der Waals surface area contributed by atoms with Crippen molar-refractivity contribution in [3.63, 3.8) is 0 Å². The van der Waals surface area contributed by atoms with Crippen molar-refractivity contribution in [2.75, 3.05) is 12.4 Å². The van der Waals surface area contributed by atoms with Crippen LogP contribution in [0.15, 0.2) is 42.5 Å².